The van der Waals surface area contributed by atoms with E-state index in [0.717, 1.165) is 0 Å². The van der Waals surface area contributed by atoms with E-state index < -0.39 is 0 Å². The molecule has 0 saturated heterocycles. The van der Waals surface area contributed by atoms with Gasteiger partial charge in [-0.2, -0.15) is 0 Å². The first-order valence-electron chi connectivity index (χ1n) is 9.50. The summed E-state index contributed by atoms with van der Waals surface area (Å²) in [6.45, 7) is 10.6. The molecule has 0 bridgehead atoms. The van der Waals surface area contributed by atoms with Crippen LogP contribution in [0.1, 0.15) is 55.9 Å². The molecule has 0 spiro atoms. The topological polar surface area (TPSA) is 26.0 Å². The highest BCUT2D eigenvalue weighted by atomic mass is 14.4. The van der Waals surface area contributed by atoms with Gasteiger partial charge in [-0.1, -0.05) is 93.6 Å². The molecule has 1 heteroatoms. The minimum absolute atomic E-state index is 0.372. The van der Waals surface area contributed by atoms with Gasteiger partial charge in [-0.3, -0.25) is 0 Å². The van der Waals surface area contributed by atoms with Crippen LogP contribution in [-0.4, -0.2) is 7.05 Å². The molecule has 0 aliphatic carbocycles. The Bertz CT molecular complexity index is 825. The highest BCUT2D eigenvalue weighted by Gasteiger charge is 2.15. The second-order valence-corrected chi connectivity index (χ2v) is 5.87. The first kappa shape index (κ1) is 21.7. The Morgan fingerprint density at radius 3 is 2.08 bits per heavy atom. The first-order valence-corrected chi connectivity index (χ1v) is 9.50. The van der Waals surface area contributed by atoms with Crippen molar-refractivity contribution in [2.45, 2.75) is 40.5 Å². The number of rotatable bonds is 3. The lowest BCUT2D eigenvalue weighted by Crippen LogP contribution is -2.01. The van der Waals surface area contributed by atoms with Crippen molar-refractivity contribution in [3.05, 3.63) is 89.0 Å². The van der Waals surface area contributed by atoms with E-state index in [0.29, 0.717) is 5.92 Å². The van der Waals surface area contributed by atoms with Crippen LogP contribution in [0.4, 0.5) is 0 Å². The van der Waals surface area contributed by atoms with Gasteiger partial charge in [0.05, 0.1) is 0 Å². The largest absolute Gasteiger partial charge is 0.333 e. The van der Waals surface area contributed by atoms with Crippen LogP contribution in [0.3, 0.4) is 0 Å². The van der Waals surface area contributed by atoms with E-state index >= 15 is 0 Å². The summed E-state index contributed by atoms with van der Waals surface area (Å²) in [5, 5.41) is 2.66. The van der Waals surface area contributed by atoms with E-state index in [-0.39, 0.29) is 0 Å². The molecule has 0 heterocycles. The molecule has 3 aromatic carbocycles. The zero-order valence-corrected chi connectivity index (χ0v) is 17.1. The van der Waals surface area contributed by atoms with Gasteiger partial charge in [0.25, 0.3) is 0 Å². The molecule has 138 valence electrons. The standard InChI is InChI=1S/C22H22.C2H6.CH5N/c1-4-9-19-16(2)10-7-14-20(19)17(3)21-15-8-12-18-11-5-6-13-22(18)21;2*1-2/h4-15,17H,1-3H3;1-2H3;2H2,1H3/b9-4-;;. The molecule has 26 heavy (non-hydrogen) atoms. The van der Waals surface area contributed by atoms with Gasteiger partial charge in [0.2, 0.25) is 0 Å². The SMILES string of the molecule is C/C=C\c1c(C)cccc1C(C)c1cccc2ccccc12.CC.CN. The zero-order valence-electron chi connectivity index (χ0n) is 17.1. The summed E-state index contributed by atoms with van der Waals surface area (Å²) >= 11 is 0. The second kappa shape index (κ2) is 11.3. The Morgan fingerprint density at radius 2 is 1.38 bits per heavy atom. The average Bonchev–Trinajstić information content (AvgIpc) is 2.72. The maximum atomic E-state index is 4.50. The van der Waals surface area contributed by atoms with Gasteiger partial charge in [-0.05, 0) is 53.9 Å². The van der Waals surface area contributed by atoms with Crippen molar-refractivity contribution in [2.24, 2.45) is 5.73 Å². The van der Waals surface area contributed by atoms with Crippen molar-refractivity contribution in [1.82, 2.24) is 0 Å². The fourth-order valence-electron chi connectivity index (χ4n) is 3.27. The van der Waals surface area contributed by atoms with Gasteiger partial charge in [0, 0.05) is 5.92 Å². The highest BCUT2D eigenvalue weighted by molar-refractivity contribution is 5.86. The minimum Gasteiger partial charge on any atom is -0.333 e. The van der Waals surface area contributed by atoms with Gasteiger partial charge in [0.1, 0.15) is 0 Å². The van der Waals surface area contributed by atoms with Crippen LogP contribution < -0.4 is 5.73 Å². The highest BCUT2D eigenvalue weighted by Crippen LogP contribution is 2.33. The maximum Gasteiger partial charge on any atom is 0.00731 e. The van der Waals surface area contributed by atoms with E-state index in [1.807, 2.05) is 13.8 Å². The Kier molecular flexibility index (Phi) is 9.40. The summed E-state index contributed by atoms with van der Waals surface area (Å²) in [6.07, 6.45) is 4.36. The molecule has 2 N–H and O–H groups in total. The Labute approximate surface area is 159 Å². The molecule has 3 aromatic rings. The lowest BCUT2D eigenvalue weighted by atomic mass is 9.85. The number of aryl methyl sites for hydroxylation is 1. The number of allylic oxidation sites excluding steroid dienone is 1. The number of nitrogens with two attached hydrogens (primary N) is 1. The molecule has 0 aliphatic heterocycles. The van der Waals surface area contributed by atoms with Crippen molar-refractivity contribution in [3.63, 3.8) is 0 Å². The molecular weight excluding hydrogens is 314 g/mol. The van der Waals surface area contributed by atoms with E-state index in [1.165, 1.54) is 40.1 Å². The van der Waals surface area contributed by atoms with E-state index in [1.54, 1.807) is 0 Å². The smallest absolute Gasteiger partial charge is 0.00731 e. The fourth-order valence-corrected chi connectivity index (χ4v) is 3.27. The molecule has 1 atom stereocenters. The molecule has 0 aliphatic rings. The molecule has 0 fully saturated rings. The van der Waals surface area contributed by atoms with Crippen LogP contribution >= 0.6 is 0 Å². The second-order valence-electron chi connectivity index (χ2n) is 5.87. The molecule has 3 rings (SSSR count). The van der Waals surface area contributed by atoms with Crippen LogP contribution in [0.15, 0.2) is 66.7 Å². The first-order chi connectivity index (χ1) is 12.7. The van der Waals surface area contributed by atoms with Crippen molar-refractivity contribution >= 4 is 16.8 Å². The third-order valence-corrected chi connectivity index (χ3v) is 4.45. The Morgan fingerprint density at radius 1 is 0.808 bits per heavy atom. The fraction of sp³-hybridized carbons (Fsp3) is 0.280. The molecule has 0 saturated carbocycles. The van der Waals surface area contributed by atoms with Crippen molar-refractivity contribution in [3.8, 4) is 0 Å². The van der Waals surface area contributed by atoms with E-state index in [9.17, 15) is 0 Å². The van der Waals surface area contributed by atoms with E-state index in [2.05, 4.69) is 99.3 Å². The summed E-state index contributed by atoms with van der Waals surface area (Å²) in [7, 11) is 1.50. The zero-order chi connectivity index (χ0) is 19.5. The maximum absolute atomic E-state index is 4.50. The quantitative estimate of drug-likeness (QED) is 0.546. The lowest BCUT2D eigenvalue weighted by molar-refractivity contribution is 0.927. The van der Waals surface area contributed by atoms with Crippen LogP contribution in [0.2, 0.25) is 0 Å². The van der Waals surface area contributed by atoms with Crippen molar-refractivity contribution in [2.75, 3.05) is 7.05 Å². The molecule has 0 aromatic heterocycles. The summed E-state index contributed by atoms with van der Waals surface area (Å²) in [5.41, 5.74) is 9.98. The van der Waals surface area contributed by atoms with Gasteiger partial charge >= 0.3 is 0 Å². The van der Waals surface area contributed by atoms with Gasteiger partial charge in [-0.25, -0.2) is 0 Å². The van der Waals surface area contributed by atoms with Gasteiger partial charge in [0.15, 0.2) is 0 Å². The predicted molar refractivity (Wildman–Crippen MR) is 119 cm³/mol. The number of benzene rings is 3. The van der Waals surface area contributed by atoms with Gasteiger partial charge in [-0.15, -0.1) is 0 Å². The number of fused-ring (bicyclic) bond motifs is 1. The Hall–Kier alpha value is -2.38. The third kappa shape index (κ3) is 4.83. The minimum atomic E-state index is 0.372. The van der Waals surface area contributed by atoms with Crippen LogP contribution in [0.25, 0.3) is 16.8 Å². The molecule has 1 unspecified atom stereocenters. The van der Waals surface area contributed by atoms with Crippen molar-refractivity contribution in [1.29, 1.82) is 0 Å². The molecule has 1 nitrogen and oxygen atoms in total. The van der Waals surface area contributed by atoms with E-state index in [4.69, 9.17) is 0 Å². The number of hydrogen-bond acceptors (Lipinski definition) is 1. The summed E-state index contributed by atoms with van der Waals surface area (Å²) in [4.78, 5) is 0. The summed E-state index contributed by atoms with van der Waals surface area (Å²) in [5.74, 6) is 0.372. The third-order valence-electron chi connectivity index (χ3n) is 4.45. The lowest BCUT2D eigenvalue weighted by Gasteiger charge is -2.19. The normalized spacial score (nSPS) is 11.3. The molecular formula is C25H33N. The predicted octanol–water partition coefficient (Wildman–Crippen LogP) is 6.93. The van der Waals surface area contributed by atoms with Crippen LogP contribution in [0.5, 0.6) is 0 Å². The van der Waals surface area contributed by atoms with Gasteiger partial charge < -0.3 is 5.73 Å². The Balaban J connectivity index is 0.000000791. The van der Waals surface area contributed by atoms with Crippen LogP contribution in [-0.2, 0) is 0 Å². The summed E-state index contributed by atoms with van der Waals surface area (Å²) in [6, 6.07) is 21.9. The average molecular weight is 348 g/mol. The number of hydrogen-bond donors (Lipinski definition) is 1. The van der Waals surface area contributed by atoms with Crippen molar-refractivity contribution < 1.29 is 0 Å². The van der Waals surface area contributed by atoms with Crippen LogP contribution in [0, 0.1) is 6.92 Å². The molecule has 0 radical (unpaired) electrons. The molecule has 0 amide bonds. The summed E-state index contributed by atoms with van der Waals surface area (Å²) < 4.78 is 0. The monoisotopic (exact) mass is 347 g/mol.